The molecule has 1 atom stereocenters. The van der Waals surface area contributed by atoms with E-state index in [0.717, 1.165) is 5.56 Å². The second-order valence-electron chi connectivity index (χ2n) is 7.63. The quantitative estimate of drug-likeness (QED) is 0.290. The molecule has 0 amide bonds. The molecule has 3 heterocycles. The highest BCUT2D eigenvalue weighted by atomic mass is 32.2. The number of pyridine rings is 1. The predicted octanol–water partition coefficient (Wildman–Crippen LogP) is 3.47. The van der Waals surface area contributed by atoms with Crippen molar-refractivity contribution in [3.8, 4) is 34.6 Å². The molecule has 0 fully saturated rings. The maximum atomic E-state index is 5.67. The maximum absolute atomic E-state index is 5.67. The van der Waals surface area contributed by atoms with E-state index in [1.807, 2.05) is 61.3 Å². The van der Waals surface area contributed by atoms with Crippen molar-refractivity contribution in [1.82, 2.24) is 35.0 Å². The van der Waals surface area contributed by atoms with Crippen LogP contribution >= 0.6 is 11.9 Å². The summed E-state index contributed by atoms with van der Waals surface area (Å²) in [5, 5.41) is 12.1. The van der Waals surface area contributed by atoms with Gasteiger partial charge in [0.1, 0.15) is 28.7 Å². The highest BCUT2D eigenvalue weighted by Gasteiger charge is 2.24. The minimum Gasteiger partial charge on any atom is -0.494 e. The molecule has 4 rings (SSSR count). The SMILES string of the molecule is CNC(CSNc1nnc(-c2cccc(OC)n2)n1-c1c(OC)cccc1OC)c1ncc(C)cn1. The average Bonchev–Trinajstić information content (AvgIpc) is 3.34. The highest BCUT2D eigenvalue weighted by molar-refractivity contribution is 8.00. The van der Waals surface area contributed by atoms with Gasteiger partial charge in [0.05, 0.1) is 27.4 Å². The Morgan fingerprint density at radius 2 is 1.64 bits per heavy atom. The summed E-state index contributed by atoms with van der Waals surface area (Å²) in [6, 6.07) is 10.9. The fraction of sp³-hybridized carbons (Fsp3) is 0.292. The molecule has 3 aromatic heterocycles. The number of nitrogens with one attached hydrogen (secondary N) is 2. The van der Waals surface area contributed by atoms with Crippen LogP contribution in [-0.4, -0.2) is 63.8 Å². The molecule has 36 heavy (non-hydrogen) atoms. The van der Waals surface area contributed by atoms with Gasteiger partial charge in [0.25, 0.3) is 0 Å². The zero-order valence-corrected chi connectivity index (χ0v) is 21.5. The van der Waals surface area contributed by atoms with E-state index in [4.69, 9.17) is 14.2 Å². The molecule has 0 spiro atoms. The second kappa shape index (κ2) is 11.7. The Morgan fingerprint density at radius 3 is 2.28 bits per heavy atom. The van der Waals surface area contributed by atoms with Crippen molar-refractivity contribution in [3.63, 3.8) is 0 Å². The van der Waals surface area contributed by atoms with Crippen LogP contribution in [0.3, 0.4) is 0 Å². The van der Waals surface area contributed by atoms with Gasteiger partial charge in [0, 0.05) is 24.2 Å². The molecule has 0 bridgehead atoms. The monoisotopic (exact) mass is 508 g/mol. The molecule has 4 aromatic rings. The van der Waals surface area contributed by atoms with Crippen molar-refractivity contribution < 1.29 is 14.2 Å². The third kappa shape index (κ3) is 5.34. The summed E-state index contributed by atoms with van der Waals surface area (Å²) >= 11 is 1.45. The van der Waals surface area contributed by atoms with E-state index in [2.05, 4.69) is 35.2 Å². The largest absolute Gasteiger partial charge is 0.494 e. The highest BCUT2D eigenvalue weighted by Crippen LogP contribution is 2.38. The molecule has 0 radical (unpaired) electrons. The molecule has 188 valence electrons. The van der Waals surface area contributed by atoms with Crippen LogP contribution < -0.4 is 24.2 Å². The van der Waals surface area contributed by atoms with Gasteiger partial charge in [-0.2, -0.15) is 0 Å². The van der Waals surface area contributed by atoms with Gasteiger partial charge >= 0.3 is 0 Å². The van der Waals surface area contributed by atoms with Gasteiger partial charge in [-0.25, -0.2) is 15.0 Å². The summed E-state index contributed by atoms with van der Waals surface area (Å²) in [6.07, 6.45) is 3.62. The first-order valence-electron chi connectivity index (χ1n) is 11.1. The normalized spacial score (nSPS) is 11.7. The van der Waals surface area contributed by atoms with E-state index < -0.39 is 0 Å². The Kier molecular flexibility index (Phi) is 8.18. The molecule has 0 aliphatic carbocycles. The van der Waals surface area contributed by atoms with E-state index in [0.29, 0.717) is 52.1 Å². The topological polar surface area (TPSA) is 121 Å². The number of hydrogen-bond acceptors (Lipinski definition) is 11. The molecular weight excluding hydrogens is 480 g/mol. The summed E-state index contributed by atoms with van der Waals surface area (Å²) in [4.78, 5) is 13.4. The Morgan fingerprint density at radius 1 is 0.944 bits per heavy atom. The third-order valence-electron chi connectivity index (χ3n) is 5.32. The number of para-hydroxylation sites is 1. The van der Waals surface area contributed by atoms with Crippen molar-refractivity contribution in [2.75, 3.05) is 38.9 Å². The number of methoxy groups -OCH3 is 3. The van der Waals surface area contributed by atoms with Gasteiger partial charge in [0.2, 0.25) is 11.8 Å². The van der Waals surface area contributed by atoms with Crippen molar-refractivity contribution >= 4 is 17.9 Å². The Labute approximate surface area is 213 Å². The number of aryl methyl sites for hydroxylation is 1. The number of rotatable bonds is 11. The lowest BCUT2D eigenvalue weighted by molar-refractivity contribution is 0.391. The molecule has 1 aromatic carbocycles. The van der Waals surface area contributed by atoms with Crippen LogP contribution in [0.15, 0.2) is 48.8 Å². The molecule has 0 aliphatic rings. The lowest BCUT2D eigenvalue weighted by Gasteiger charge is -2.18. The number of anilines is 1. The summed E-state index contributed by atoms with van der Waals surface area (Å²) in [5.74, 6) is 3.95. The van der Waals surface area contributed by atoms with E-state index in [-0.39, 0.29) is 6.04 Å². The first-order valence-corrected chi connectivity index (χ1v) is 12.1. The summed E-state index contributed by atoms with van der Waals surface area (Å²) in [7, 11) is 6.66. The minimum atomic E-state index is -0.0696. The van der Waals surface area contributed by atoms with Crippen molar-refractivity contribution in [3.05, 3.63) is 60.2 Å². The van der Waals surface area contributed by atoms with Crippen LogP contribution in [0.5, 0.6) is 17.4 Å². The first-order chi connectivity index (χ1) is 17.6. The number of aromatic nitrogens is 6. The van der Waals surface area contributed by atoms with Crippen LogP contribution in [0.4, 0.5) is 5.95 Å². The number of benzene rings is 1. The molecule has 2 N–H and O–H groups in total. The van der Waals surface area contributed by atoms with Crippen LogP contribution in [0.1, 0.15) is 17.4 Å². The first kappa shape index (κ1) is 25.2. The van der Waals surface area contributed by atoms with Crippen LogP contribution in [0, 0.1) is 6.92 Å². The molecule has 0 saturated carbocycles. The van der Waals surface area contributed by atoms with Crippen molar-refractivity contribution in [2.24, 2.45) is 0 Å². The van der Waals surface area contributed by atoms with Crippen molar-refractivity contribution in [2.45, 2.75) is 13.0 Å². The zero-order valence-electron chi connectivity index (χ0n) is 20.7. The minimum absolute atomic E-state index is 0.0696. The fourth-order valence-electron chi connectivity index (χ4n) is 3.49. The van der Waals surface area contributed by atoms with E-state index >= 15 is 0 Å². The molecule has 11 nitrogen and oxygen atoms in total. The summed E-state index contributed by atoms with van der Waals surface area (Å²) in [6.45, 7) is 1.96. The van der Waals surface area contributed by atoms with E-state index in [1.165, 1.54) is 11.9 Å². The lowest BCUT2D eigenvalue weighted by Crippen LogP contribution is -2.22. The van der Waals surface area contributed by atoms with Crippen LogP contribution in [-0.2, 0) is 0 Å². The van der Waals surface area contributed by atoms with Gasteiger partial charge in [-0.3, -0.25) is 9.29 Å². The van der Waals surface area contributed by atoms with Gasteiger partial charge in [0.15, 0.2) is 5.82 Å². The van der Waals surface area contributed by atoms with Crippen molar-refractivity contribution in [1.29, 1.82) is 0 Å². The fourth-order valence-corrected chi connectivity index (χ4v) is 4.32. The lowest BCUT2D eigenvalue weighted by atomic mass is 10.2. The van der Waals surface area contributed by atoms with E-state index in [1.54, 1.807) is 27.4 Å². The Balaban J connectivity index is 1.71. The third-order valence-corrected chi connectivity index (χ3v) is 6.15. The van der Waals surface area contributed by atoms with Gasteiger partial charge in [-0.05, 0) is 49.7 Å². The average molecular weight is 509 g/mol. The van der Waals surface area contributed by atoms with Gasteiger partial charge < -0.3 is 19.5 Å². The molecule has 12 heteroatoms. The molecule has 0 saturated heterocycles. The smallest absolute Gasteiger partial charge is 0.239 e. The zero-order chi connectivity index (χ0) is 25.5. The van der Waals surface area contributed by atoms with Crippen LogP contribution in [0.25, 0.3) is 17.2 Å². The predicted molar refractivity (Wildman–Crippen MR) is 139 cm³/mol. The molecule has 1 unspecified atom stereocenters. The van der Waals surface area contributed by atoms with Crippen LogP contribution in [0.2, 0.25) is 0 Å². The standard InChI is InChI=1S/C24H28N8O3S/c1-15-12-26-22(27-13-15)17(25-2)14-36-31-24-30-29-23(16-8-6-11-20(28-16)35-5)32(24)21-18(33-3)9-7-10-19(21)34-4/h6-13,17,25H,14H2,1-5H3,(H,30,31). The molecular formula is C24H28N8O3S. The maximum Gasteiger partial charge on any atom is 0.239 e. The number of hydrogen-bond donors (Lipinski definition) is 2. The van der Waals surface area contributed by atoms with E-state index in [9.17, 15) is 0 Å². The number of ether oxygens (including phenoxy) is 3. The molecule has 0 aliphatic heterocycles. The number of nitrogens with zero attached hydrogens (tertiary/aromatic N) is 6. The van der Waals surface area contributed by atoms with Gasteiger partial charge in [-0.1, -0.05) is 12.1 Å². The summed E-state index contributed by atoms with van der Waals surface area (Å²) in [5.41, 5.74) is 2.23. The Bertz CT molecular complexity index is 1280. The summed E-state index contributed by atoms with van der Waals surface area (Å²) < 4.78 is 21.8. The second-order valence-corrected chi connectivity index (χ2v) is 8.46. The van der Waals surface area contributed by atoms with Gasteiger partial charge in [-0.15, -0.1) is 10.2 Å². The Hall–Kier alpha value is -3.90.